The molecule has 1 heterocycles. The average Bonchev–Trinajstić information content (AvgIpc) is 3.39. The topological polar surface area (TPSA) is 97.3 Å². The van der Waals surface area contributed by atoms with Crippen LogP contribution in [-0.4, -0.2) is 65.2 Å². The van der Waals surface area contributed by atoms with E-state index in [0.717, 1.165) is 11.1 Å². The van der Waals surface area contributed by atoms with Gasteiger partial charge in [-0.1, -0.05) is 50.3 Å². The molecule has 7 rings (SSSR count). The zero-order valence-electron chi connectivity index (χ0n) is 30.4. The zero-order valence-corrected chi connectivity index (χ0v) is 30.4. The number of rotatable bonds is 4. The Bertz CT molecular complexity index is 1860. The average molecular weight is 762 g/mol. The van der Waals surface area contributed by atoms with E-state index in [0.29, 0.717) is 49.3 Å². The molecule has 0 radical (unpaired) electrons. The predicted octanol–water partition coefficient (Wildman–Crippen LogP) is 8.65. The van der Waals surface area contributed by atoms with Gasteiger partial charge in [-0.05, 0) is 97.9 Å². The van der Waals surface area contributed by atoms with Crippen molar-refractivity contribution >= 4 is 11.8 Å². The smallest absolute Gasteiger partial charge is 0.436 e. The first kappa shape index (κ1) is 38.7. The summed E-state index contributed by atoms with van der Waals surface area (Å²) in [6, 6.07) is 12.0. The summed E-state index contributed by atoms with van der Waals surface area (Å²) in [4.78, 5) is 12.1. The zero-order chi connectivity index (χ0) is 39.0. The van der Waals surface area contributed by atoms with E-state index in [1.54, 1.807) is 24.3 Å². The fourth-order valence-electron chi connectivity index (χ4n) is 10.0. The summed E-state index contributed by atoms with van der Waals surface area (Å²) in [5.74, 6) is -2.90. The monoisotopic (exact) mass is 761 g/mol. The molecule has 2 aromatic rings. The first-order valence-electron chi connectivity index (χ1n) is 18.4. The van der Waals surface area contributed by atoms with Crippen LogP contribution in [0.2, 0.25) is 0 Å². The third-order valence-corrected chi connectivity index (χ3v) is 12.8. The summed E-state index contributed by atoms with van der Waals surface area (Å²) < 4.78 is 104. The molecule has 3 N–H and O–H groups in total. The van der Waals surface area contributed by atoms with Crippen LogP contribution in [0.15, 0.2) is 59.7 Å². The minimum Gasteiger partial charge on any atom is -0.436 e. The molecule has 4 aliphatic carbocycles. The Labute approximate surface area is 310 Å². The van der Waals surface area contributed by atoms with Gasteiger partial charge in [-0.15, -0.1) is 0 Å². The molecule has 5 aliphatic rings. The molecule has 54 heavy (non-hydrogen) atoms. The minimum atomic E-state index is -5.95. The fourth-order valence-corrected chi connectivity index (χ4v) is 10.0. The third-order valence-electron chi connectivity index (χ3n) is 12.8. The molecular weight excluding hydrogens is 716 g/mol. The van der Waals surface area contributed by atoms with Crippen LogP contribution in [0.25, 0.3) is 0 Å². The van der Waals surface area contributed by atoms with Gasteiger partial charge < -0.3 is 24.4 Å². The number of alkyl halides is 5. The number of nitrogens with one attached hydrogen (secondary N) is 1. The van der Waals surface area contributed by atoms with E-state index in [4.69, 9.17) is 14.2 Å². The molecule has 7 nitrogen and oxygen atoms in total. The Morgan fingerprint density at radius 3 is 2.26 bits per heavy atom. The summed E-state index contributed by atoms with van der Waals surface area (Å²) in [6.07, 6.45) is -5.95. The van der Waals surface area contributed by atoms with Gasteiger partial charge in [0.25, 0.3) is 0 Å². The predicted molar refractivity (Wildman–Crippen MR) is 186 cm³/mol. The van der Waals surface area contributed by atoms with E-state index in [9.17, 15) is 32.6 Å². The summed E-state index contributed by atoms with van der Waals surface area (Å²) in [6.45, 7) is 6.10. The molecule has 0 unspecified atom stereocenters. The number of aliphatic hydroxyl groups is 2. The highest BCUT2D eigenvalue weighted by Crippen LogP contribution is 2.71. The van der Waals surface area contributed by atoms with Gasteiger partial charge in [0.05, 0.1) is 18.8 Å². The van der Waals surface area contributed by atoms with Crippen molar-refractivity contribution in [2.24, 2.45) is 22.7 Å². The van der Waals surface area contributed by atoms with Crippen molar-refractivity contribution < 1.29 is 55.6 Å². The van der Waals surface area contributed by atoms with Gasteiger partial charge in [0.1, 0.15) is 11.4 Å². The van der Waals surface area contributed by atoms with E-state index in [1.807, 2.05) is 13.8 Å². The number of hydrogen-bond donors (Lipinski definition) is 3. The van der Waals surface area contributed by atoms with Crippen LogP contribution >= 0.6 is 0 Å². The Morgan fingerprint density at radius 1 is 0.944 bits per heavy atom. The number of halogens is 6. The molecule has 1 saturated heterocycles. The number of fused-ring (bicyclic) bond motifs is 4. The van der Waals surface area contributed by atoms with E-state index in [2.05, 4.69) is 17.2 Å². The van der Waals surface area contributed by atoms with Gasteiger partial charge >= 0.3 is 18.2 Å². The highest BCUT2D eigenvalue weighted by atomic mass is 19.4. The van der Waals surface area contributed by atoms with Crippen molar-refractivity contribution in [3.05, 3.63) is 76.6 Å². The Morgan fingerprint density at radius 2 is 1.61 bits per heavy atom. The van der Waals surface area contributed by atoms with Crippen molar-refractivity contribution in [3.8, 4) is 11.8 Å². The number of carbonyl (C=O) groups is 1. The molecule has 1 aliphatic heterocycles. The lowest BCUT2D eigenvalue weighted by molar-refractivity contribution is -0.362. The quantitative estimate of drug-likeness (QED) is 0.164. The minimum absolute atomic E-state index is 0.00493. The Kier molecular flexibility index (Phi) is 9.52. The number of carbonyl (C=O) groups excluding carboxylic acids is 1. The molecule has 2 aromatic carbocycles. The SMILES string of the molecule is CC1(C)COC2(CCC3=C4[C@@H](CC[C@@]3(O)C2)[C@@H]2CC[C@@](O)(C(F)(F)C(F)(F)F)[C@@]2(C)C[C@@H]4c2ccc(C#CCOC(=O)Nc3ccc(F)cc3)cc2)OC1. The maximum absolute atomic E-state index is 15.4. The van der Waals surface area contributed by atoms with Gasteiger partial charge in [-0.25, -0.2) is 9.18 Å². The maximum atomic E-state index is 15.4. The van der Waals surface area contributed by atoms with Crippen LogP contribution in [0, 0.1) is 40.3 Å². The second-order valence-corrected chi connectivity index (χ2v) is 16.8. The number of hydrogen-bond acceptors (Lipinski definition) is 6. The molecule has 292 valence electrons. The van der Waals surface area contributed by atoms with Crippen LogP contribution in [0.1, 0.15) is 89.2 Å². The molecule has 1 amide bonds. The van der Waals surface area contributed by atoms with E-state index < -0.39 is 70.6 Å². The number of allylic oxidation sites excluding steroid dienone is 1. The molecule has 13 heteroatoms. The Hall–Kier alpha value is -3.57. The molecule has 3 saturated carbocycles. The highest BCUT2D eigenvalue weighted by molar-refractivity contribution is 5.84. The molecule has 6 atom stereocenters. The highest BCUT2D eigenvalue weighted by Gasteiger charge is 2.79. The lowest BCUT2D eigenvalue weighted by Crippen LogP contribution is -2.65. The first-order chi connectivity index (χ1) is 25.2. The molecule has 0 aromatic heterocycles. The van der Waals surface area contributed by atoms with E-state index in [-0.39, 0.29) is 37.7 Å². The van der Waals surface area contributed by atoms with Gasteiger partial charge in [0, 0.05) is 40.8 Å². The second kappa shape index (κ2) is 13.3. The molecular formula is C41H45F6NO6. The summed E-state index contributed by atoms with van der Waals surface area (Å²) >= 11 is 0. The van der Waals surface area contributed by atoms with E-state index >= 15 is 8.78 Å². The molecule has 4 fully saturated rings. The fraction of sp³-hybridized carbons (Fsp3) is 0.585. The Balaban J connectivity index is 1.19. The summed E-state index contributed by atoms with van der Waals surface area (Å²) in [5, 5.41) is 26.4. The normalized spacial score (nSPS) is 32.8. The largest absolute Gasteiger partial charge is 0.456 e. The third kappa shape index (κ3) is 6.50. The van der Waals surface area contributed by atoms with Crippen LogP contribution in [-0.2, 0) is 14.2 Å². The van der Waals surface area contributed by atoms with Gasteiger partial charge in [0.2, 0.25) is 0 Å². The summed E-state index contributed by atoms with van der Waals surface area (Å²) in [7, 11) is 0. The number of amides is 1. The standard InChI is InChI=1S/C41H45F6NO6/c1-35(2)23-53-38(54-24-35)18-15-32-33-29(14-17-37(32,50)22-38)31-16-19-39(51,40(43,44)41(45,46)47)36(31,3)21-30(33)26-8-6-25(7-9-26)5-4-20-52-34(49)48-28-12-10-27(42)11-13-28/h6-13,29-31,50-51H,14-24H2,1-3H3,(H,48,49)/t29-,30+,31-,36-,37+,39-/m0/s1. The molecule has 1 spiro atoms. The van der Waals surface area contributed by atoms with E-state index in [1.165, 1.54) is 31.2 Å². The van der Waals surface area contributed by atoms with Crippen molar-refractivity contribution in [2.45, 2.75) is 107 Å². The van der Waals surface area contributed by atoms with Crippen molar-refractivity contribution in [3.63, 3.8) is 0 Å². The van der Waals surface area contributed by atoms with Gasteiger partial charge in [-0.3, -0.25) is 5.32 Å². The maximum Gasteiger partial charge on any atom is 0.456 e. The summed E-state index contributed by atoms with van der Waals surface area (Å²) in [5.41, 5.74) is -3.50. The second-order valence-electron chi connectivity index (χ2n) is 16.8. The van der Waals surface area contributed by atoms with Crippen molar-refractivity contribution in [1.82, 2.24) is 0 Å². The van der Waals surface area contributed by atoms with Crippen molar-refractivity contribution in [1.29, 1.82) is 0 Å². The first-order valence-corrected chi connectivity index (χ1v) is 18.4. The van der Waals surface area contributed by atoms with Gasteiger partial charge in [-0.2, -0.15) is 22.0 Å². The van der Waals surface area contributed by atoms with Crippen LogP contribution in [0.3, 0.4) is 0 Å². The number of benzene rings is 2. The lowest BCUT2D eigenvalue weighted by Gasteiger charge is -2.59. The van der Waals surface area contributed by atoms with Gasteiger partial charge in [0.15, 0.2) is 12.4 Å². The van der Waals surface area contributed by atoms with Crippen LogP contribution < -0.4 is 5.32 Å². The molecule has 0 bridgehead atoms. The van der Waals surface area contributed by atoms with Crippen LogP contribution in [0.5, 0.6) is 0 Å². The number of ether oxygens (including phenoxy) is 3. The number of anilines is 1. The van der Waals surface area contributed by atoms with Crippen molar-refractivity contribution in [2.75, 3.05) is 25.1 Å². The van der Waals surface area contributed by atoms with Crippen LogP contribution in [0.4, 0.5) is 36.8 Å². The lowest BCUT2D eigenvalue weighted by atomic mass is 9.49.